The van der Waals surface area contributed by atoms with Crippen molar-refractivity contribution in [2.75, 3.05) is 47.5 Å². The second kappa shape index (κ2) is 39.9. The van der Waals surface area contributed by atoms with Gasteiger partial charge in [-0.1, -0.05) is 145 Å². The smallest absolute Gasteiger partial charge is 0.306 e. The van der Waals surface area contributed by atoms with E-state index in [9.17, 15) is 19.0 Å². The minimum Gasteiger partial charge on any atom is -0.756 e. The van der Waals surface area contributed by atoms with Crippen molar-refractivity contribution in [1.82, 2.24) is 0 Å². The Morgan fingerprint density at radius 2 is 0.983 bits per heavy atom. The first kappa shape index (κ1) is 55.5. The van der Waals surface area contributed by atoms with Gasteiger partial charge in [-0.25, -0.2) is 0 Å². The summed E-state index contributed by atoms with van der Waals surface area (Å²) in [5.74, 6) is -0.877. The third-order valence-electron chi connectivity index (χ3n) is 9.21. The van der Waals surface area contributed by atoms with Crippen LogP contribution >= 0.6 is 7.82 Å². The minimum absolute atomic E-state index is 0.0403. The van der Waals surface area contributed by atoms with Crippen LogP contribution in [0.5, 0.6) is 0 Å². The van der Waals surface area contributed by atoms with Crippen molar-refractivity contribution in [2.45, 2.75) is 174 Å². The van der Waals surface area contributed by atoms with Gasteiger partial charge in [-0.05, 0) is 83.5 Å². The first-order valence-corrected chi connectivity index (χ1v) is 24.1. The average Bonchev–Trinajstić information content (AvgIpc) is 3.17. The van der Waals surface area contributed by atoms with Crippen LogP contribution in [0, 0.1) is 0 Å². The highest BCUT2D eigenvalue weighted by Crippen LogP contribution is 2.38. The second-order valence-corrected chi connectivity index (χ2v) is 17.4. The molecule has 0 aliphatic heterocycles. The second-order valence-electron chi connectivity index (χ2n) is 16.0. The van der Waals surface area contributed by atoms with Gasteiger partial charge < -0.3 is 27.9 Å². The number of unbranched alkanes of at least 4 members (excludes halogenated alkanes) is 14. The Balaban J connectivity index is 4.41. The van der Waals surface area contributed by atoms with Crippen molar-refractivity contribution in [3.8, 4) is 0 Å². The first-order valence-electron chi connectivity index (χ1n) is 22.6. The zero-order valence-electron chi connectivity index (χ0n) is 37.5. The van der Waals surface area contributed by atoms with Crippen LogP contribution in [0.25, 0.3) is 0 Å². The number of hydrogen-bond donors (Lipinski definition) is 0. The lowest BCUT2D eigenvalue weighted by molar-refractivity contribution is -0.870. The van der Waals surface area contributed by atoms with Gasteiger partial charge in [0.2, 0.25) is 0 Å². The monoisotopic (exact) mass is 834 g/mol. The lowest BCUT2D eigenvalue weighted by Crippen LogP contribution is -2.37. The molecule has 2 atom stereocenters. The Labute approximate surface area is 355 Å². The molecule has 0 amide bonds. The quantitative estimate of drug-likeness (QED) is 0.0197. The van der Waals surface area contributed by atoms with Gasteiger partial charge in [-0.2, -0.15) is 0 Å². The van der Waals surface area contributed by atoms with E-state index in [4.69, 9.17) is 18.5 Å². The summed E-state index contributed by atoms with van der Waals surface area (Å²) in [4.78, 5) is 37.6. The predicted octanol–water partition coefficient (Wildman–Crippen LogP) is 12.4. The molecule has 0 spiro atoms. The molecule has 10 heteroatoms. The molecule has 0 N–H and O–H groups in total. The number of quaternary nitrogens is 1. The highest BCUT2D eigenvalue weighted by Gasteiger charge is 2.21. The van der Waals surface area contributed by atoms with Gasteiger partial charge in [0.25, 0.3) is 7.82 Å². The maximum Gasteiger partial charge on any atom is 0.306 e. The van der Waals surface area contributed by atoms with Crippen LogP contribution in [0.15, 0.2) is 72.9 Å². The lowest BCUT2D eigenvalue weighted by atomic mass is 10.1. The topological polar surface area (TPSA) is 111 Å². The molecule has 0 rings (SSSR count). The number of phosphoric ester groups is 1. The average molecular weight is 834 g/mol. The summed E-state index contributed by atoms with van der Waals surface area (Å²) in [7, 11) is 1.13. The number of allylic oxidation sites excluding steroid dienone is 12. The highest BCUT2D eigenvalue weighted by molar-refractivity contribution is 7.45. The Hall–Kier alpha value is -2.55. The molecule has 1 unspecified atom stereocenters. The molecule has 0 aromatic carbocycles. The van der Waals surface area contributed by atoms with E-state index >= 15 is 0 Å². The fraction of sp³-hybridized carbons (Fsp3) is 0.708. The number of carbonyl (C=O) groups is 2. The normalized spacial score (nSPS) is 14.2. The van der Waals surface area contributed by atoms with Gasteiger partial charge in [0.15, 0.2) is 6.10 Å². The van der Waals surface area contributed by atoms with Crippen molar-refractivity contribution in [1.29, 1.82) is 0 Å². The molecule has 0 heterocycles. The van der Waals surface area contributed by atoms with Crippen molar-refractivity contribution in [3.63, 3.8) is 0 Å². The number of likely N-dealkylation sites (N-methyl/N-ethyl adjacent to an activating group) is 1. The van der Waals surface area contributed by atoms with Gasteiger partial charge in [0, 0.05) is 12.8 Å². The molecular formula is C48H84NO8P. The van der Waals surface area contributed by atoms with Crippen LogP contribution in [0.1, 0.15) is 168 Å². The van der Waals surface area contributed by atoms with Crippen LogP contribution in [-0.2, 0) is 32.7 Å². The molecule has 0 aromatic rings. The van der Waals surface area contributed by atoms with Crippen molar-refractivity contribution in [2.24, 2.45) is 0 Å². The SMILES string of the molecule is CC/C=C\C/C=C\C/C=C\C/C=C\CCCCCCC(=O)OC[C@H](COP(=O)([O-])OCC[N+](C)(C)C)OC(=O)CCCCCCCCC/C=C\C/C=C\CCCCC. The van der Waals surface area contributed by atoms with Gasteiger partial charge in [-0.15, -0.1) is 0 Å². The van der Waals surface area contributed by atoms with E-state index in [1.54, 1.807) is 0 Å². The predicted molar refractivity (Wildman–Crippen MR) is 240 cm³/mol. The van der Waals surface area contributed by atoms with Crippen LogP contribution in [0.4, 0.5) is 0 Å². The third kappa shape index (κ3) is 43.0. The Morgan fingerprint density at radius 1 is 0.552 bits per heavy atom. The lowest BCUT2D eigenvalue weighted by Gasteiger charge is -2.28. The molecule has 0 saturated heterocycles. The summed E-state index contributed by atoms with van der Waals surface area (Å²) < 4.78 is 33.9. The summed E-state index contributed by atoms with van der Waals surface area (Å²) >= 11 is 0. The molecule has 9 nitrogen and oxygen atoms in total. The van der Waals surface area contributed by atoms with Gasteiger partial charge in [0.1, 0.15) is 19.8 Å². The van der Waals surface area contributed by atoms with E-state index < -0.39 is 32.5 Å². The standard InChI is InChI=1S/C48H84NO8P/c1-6-8-10-12-14-16-18-20-22-24-26-28-30-32-34-36-38-40-47(50)54-44-46(45-56-58(52,53)55-43-42-49(3,4)5)57-48(51)41-39-37-35-33-31-29-27-25-23-21-19-17-15-13-11-9-7-2/h8,10,14-17,20-23,26,28,46H,6-7,9,11-13,18-19,24-25,27,29-45H2,1-5H3/b10-8-,16-14-,17-15-,22-20-,23-21-,28-26-/t46-/m1/s1. The molecule has 0 saturated carbocycles. The summed E-state index contributed by atoms with van der Waals surface area (Å²) in [6.45, 7) is 4.04. The molecule has 0 aliphatic carbocycles. The summed E-state index contributed by atoms with van der Waals surface area (Å²) in [6.07, 6.45) is 49.2. The Bertz CT molecular complexity index is 1220. The molecule has 0 fully saturated rings. The number of carbonyl (C=O) groups excluding carboxylic acids is 2. The molecule has 0 aromatic heterocycles. The summed E-state index contributed by atoms with van der Waals surface area (Å²) in [5.41, 5.74) is 0. The van der Waals surface area contributed by atoms with E-state index in [0.717, 1.165) is 83.5 Å². The fourth-order valence-electron chi connectivity index (χ4n) is 5.67. The number of esters is 2. The van der Waals surface area contributed by atoms with Crippen molar-refractivity contribution < 1.29 is 42.1 Å². The summed E-state index contributed by atoms with van der Waals surface area (Å²) in [6, 6.07) is 0. The number of hydrogen-bond acceptors (Lipinski definition) is 8. The van der Waals surface area contributed by atoms with Gasteiger partial charge >= 0.3 is 11.9 Å². The van der Waals surface area contributed by atoms with Crippen molar-refractivity contribution in [3.05, 3.63) is 72.9 Å². The third-order valence-corrected chi connectivity index (χ3v) is 10.2. The van der Waals surface area contributed by atoms with Crippen molar-refractivity contribution >= 4 is 19.8 Å². The van der Waals surface area contributed by atoms with Gasteiger partial charge in [-0.3, -0.25) is 14.2 Å². The van der Waals surface area contributed by atoms with Gasteiger partial charge in [0.05, 0.1) is 27.7 Å². The minimum atomic E-state index is -4.64. The zero-order chi connectivity index (χ0) is 42.8. The number of phosphoric acid groups is 1. The highest BCUT2D eigenvalue weighted by atomic mass is 31.2. The number of ether oxygens (including phenoxy) is 2. The molecular weight excluding hydrogens is 750 g/mol. The maximum atomic E-state index is 12.7. The largest absolute Gasteiger partial charge is 0.756 e. The molecule has 0 bridgehead atoms. The molecule has 0 radical (unpaired) electrons. The zero-order valence-corrected chi connectivity index (χ0v) is 38.4. The van der Waals surface area contributed by atoms with E-state index in [2.05, 4.69) is 86.8 Å². The van der Waals surface area contributed by atoms with Crippen LogP contribution in [0.3, 0.4) is 0 Å². The van der Waals surface area contributed by atoms with E-state index in [0.29, 0.717) is 23.9 Å². The molecule has 58 heavy (non-hydrogen) atoms. The first-order chi connectivity index (χ1) is 28.0. The molecule has 334 valence electrons. The molecule has 0 aliphatic rings. The van der Waals surface area contributed by atoms with Crippen LogP contribution in [0.2, 0.25) is 0 Å². The number of nitrogens with zero attached hydrogens (tertiary/aromatic N) is 1. The van der Waals surface area contributed by atoms with E-state index in [1.807, 2.05) is 21.1 Å². The maximum absolute atomic E-state index is 12.7. The number of rotatable bonds is 40. The van der Waals surface area contributed by atoms with Crippen LogP contribution in [-0.4, -0.2) is 70.0 Å². The fourth-order valence-corrected chi connectivity index (χ4v) is 6.40. The van der Waals surface area contributed by atoms with Crippen LogP contribution < -0.4 is 4.89 Å². The van der Waals surface area contributed by atoms with E-state index in [-0.39, 0.29) is 26.1 Å². The Morgan fingerprint density at radius 3 is 1.47 bits per heavy atom. The Kier molecular flexibility index (Phi) is 38.1. The van der Waals surface area contributed by atoms with E-state index in [1.165, 1.54) is 44.9 Å². The summed E-state index contributed by atoms with van der Waals surface area (Å²) in [5, 5.41) is 0.